The molecule has 0 bridgehead atoms. The lowest BCUT2D eigenvalue weighted by Gasteiger charge is -2.39. The fourth-order valence-corrected chi connectivity index (χ4v) is 5.14. The fourth-order valence-electron chi connectivity index (χ4n) is 3.98. The number of methoxy groups -OCH3 is 1. The largest absolute Gasteiger partial charge is 0.497 e. The van der Waals surface area contributed by atoms with Crippen LogP contribution in [-0.2, 0) is 6.42 Å². The number of aliphatic hydroxyl groups excluding tert-OH is 1. The van der Waals surface area contributed by atoms with Crippen LogP contribution < -0.4 is 4.74 Å². The second kappa shape index (κ2) is 9.30. The maximum Gasteiger partial charge on any atom is 0.120 e. The molecule has 0 radical (unpaired) electrons. The molecule has 2 aliphatic rings. The minimum atomic E-state index is 0. The zero-order valence-corrected chi connectivity index (χ0v) is 17.3. The van der Waals surface area contributed by atoms with E-state index in [0.29, 0.717) is 6.04 Å². The van der Waals surface area contributed by atoms with Gasteiger partial charge in [0.25, 0.3) is 0 Å². The van der Waals surface area contributed by atoms with Crippen LogP contribution in [-0.4, -0.2) is 61.3 Å². The molecule has 0 amide bonds. The van der Waals surface area contributed by atoms with Crippen molar-refractivity contribution < 1.29 is 9.84 Å². The Morgan fingerprint density at radius 2 is 1.85 bits per heavy atom. The van der Waals surface area contributed by atoms with Crippen LogP contribution in [0.15, 0.2) is 52.3 Å². The first-order chi connectivity index (χ1) is 12.8. The van der Waals surface area contributed by atoms with E-state index in [4.69, 9.17) is 4.74 Å². The van der Waals surface area contributed by atoms with E-state index in [1.165, 1.54) is 20.9 Å². The van der Waals surface area contributed by atoms with Crippen molar-refractivity contribution in [3.8, 4) is 5.75 Å². The molecule has 1 saturated heterocycles. The molecule has 2 aromatic carbocycles. The normalized spacial score (nSPS) is 20.1. The van der Waals surface area contributed by atoms with Gasteiger partial charge in [0.1, 0.15) is 5.75 Å². The highest BCUT2D eigenvalue weighted by atomic mass is 35.5. The monoisotopic (exact) mass is 406 g/mol. The third-order valence-corrected chi connectivity index (χ3v) is 6.64. The number of rotatable bonds is 4. The first-order valence-electron chi connectivity index (χ1n) is 9.29. The van der Waals surface area contributed by atoms with Crippen molar-refractivity contribution in [1.82, 2.24) is 9.80 Å². The molecule has 0 aliphatic carbocycles. The summed E-state index contributed by atoms with van der Waals surface area (Å²) in [5.74, 6) is 0.921. The number of hydrogen-bond acceptors (Lipinski definition) is 5. The van der Waals surface area contributed by atoms with Crippen molar-refractivity contribution in [3.63, 3.8) is 0 Å². The summed E-state index contributed by atoms with van der Waals surface area (Å²) in [4.78, 5) is 7.62. The summed E-state index contributed by atoms with van der Waals surface area (Å²) in [6.45, 7) is 5.19. The number of halogens is 1. The molecule has 27 heavy (non-hydrogen) atoms. The van der Waals surface area contributed by atoms with Gasteiger partial charge in [-0.15, -0.1) is 12.4 Å². The Bertz CT molecular complexity index is 766. The summed E-state index contributed by atoms with van der Waals surface area (Å²) in [6, 6.07) is 15.7. The Morgan fingerprint density at radius 3 is 2.59 bits per heavy atom. The number of hydrogen-bond donors (Lipinski definition) is 1. The molecule has 2 aliphatic heterocycles. The Hall–Kier alpha value is -1.24. The quantitative estimate of drug-likeness (QED) is 0.841. The average Bonchev–Trinajstić information content (AvgIpc) is 2.85. The molecule has 0 saturated carbocycles. The number of fused-ring (bicyclic) bond motifs is 2. The van der Waals surface area contributed by atoms with Crippen molar-refractivity contribution in [1.29, 1.82) is 0 Å². The Balaban J connectivity index is 0.00000210. The molecule has 1 unspecified atom stereocenters. The molecule has 4 rings (SSSR count). The van der Waals surface area contributed by atoms with E-state index < -0.39 is 0 Å². The molecule has 0 spiro atoms. The van der Waals surface area contributed by atoms with Gasteiger partial charge in [-0.1, -0.05) is 36.0 Å². The zero-order valence-electron chi connectivity index (χ0n) is 15.6. The SMILES string of the molecule is COc1ccc2c(c1)Sc1ccccc1C(N1CCN(CCO)CC1)C2.Cl. The van der Waals surface area contributed by atoms with Gasteiger partial charge in [0.2, 0.25) is 0 Å². The van der Waals surface area contributed by atoms with Crippen LogP contribution in [0.1, 0.15) is 17.2 Å². The predicted molar refractivity (Wildman–Crippen MR) is 112 cm³/mol. The van der Waals surface area contributed by atoms with Crippen molar-refractivity contribution in [2.24, 2.45) is 0 Å². The van der Waals surface area contributed by atoms with Gasteiger partial charge >= 0.3 is 0 Å². The summed E-state index contributed by atoms with van der Waals surface area (Å²) < 4.78 is 5.44. The Labute approximate surface area is 171 Å². The molecule has 2 aromatic rings. The van der Waals surface area contributed by atoms with Crippen LogP contribution in [0, 0.1) is 0 Å². The molecule has 1 atom stereocenters. The van der Waals surface area contributed by atoms with Crippen LogP contribution in [0.25, 0.3) is 0 Å². The molecule has 1 N–H and O–H groups in total. The first kappa shape index (κ1) is 20.5. The predicted octanol–water partition coefficient (Wildman–Crippen LogP) is 3.48. The highest BCUT2D eigenvalue weighted by molar-refractivity contribution is 7.99. The minimum Gasteiger partial charge on any atom is -0.497 e. The molecule has 146 valence electrons. The van der Waals surface area contributed by atoms with E-state index in [-0.39, 0.29) is 19.0 Å². The number of piperazine rings is 1. The molecule has 1 fully saturated rings. The molecule has 2 heterocycles. The van der Waals surface area contributed by atoms with Gasteiger partial charge in [0, 0.05) is 48.6 Å². The van der Waals surface area contributed by atoms with E-state index in [2.05, 4.69) is 52.3 Å². The number of β-amino-alcohol motifs (C(OH)–C–C–N with tert-alkyl or cyclic N) is 1. The van der Waals surface area contributed by atoms with Crippen molar-refractivity contribution in [2.45, 2.75) is 22.3 Å². The van der Waals surface area contributed by atoms with E-state index in [9.17, 15) is 5.11 Å². The molecule has 6 heteroatoms. The van der Waals surface area contributed by atoms with Gasteiger partial charge in [0.15, 0.2) is 0 Å². The summed E-state index contributed by atoms with van der Waals surface area (Å²) in [5.41, 5.74) is 2.83. The second-order valence-corrected chi connectivity index (χ2v) is 8.02. The van der Waals surface area contributed by atoms with Crippen LogP contribution in [0.3, 0.4) is 0 Å². The maximum atomic E-state index is 9.18. The third kappa shape index (κ3) is 4.44. The van der Waals surface area contributed by atoms with Gasteiger partial charge < -0.3 is 9.84 Å². The standard InChI is InChI=1S/C21H26N2O2S.ClH/c1-25-17-7-6-16-14-19(23-10-8-22(9-11-23)12-13-24)18-4-2-3-5-20(18)26-21(16)15-17;/h2-7,15,19,24H,8-14H2,1H3;1H. The van der Waals surface area contributed by atoms with E-state index >= 15 is 0 Å². The van der Waals surface area contributed by atoms with Crippen molar-refractivity contribution in [2.75, 3.05) is 46.4 Å². The average molecular weight is 407 g/mol. The van der Waals surface area contributed by atoms with Gasteiger partial charge in [-0.3, -0.25) is 9.80 Å². The van der Waals surface area contributed by atoms with Gasteiger partial charge in [-0.05, 0) is 35.7 Å². The summed E-state index contributed by atoms with van der Waals surface area (Å²) in [6.07, 6.45) is 1.03. The van der Waals surface area contributed by atoms with Gasteiger partial charge in [-0.2, -0.15) is 0 Å². The number of ether oxygens (including phenoxy) is 1. The van der Waals surface area contributed by atoms with E-state index in [0.717, 1.165) is 44.9 Å². The smallest absolute Gasteiger partial charge is 0.120 e. The summed E-state index contributed by atoms with van der Waals surface area (Å²) in [7, 11) is 1.73. The van der Waals surface area contributed by atoms with Crippen LogP contribution in [0.2, 0.25) is 0 Å². The van der Waals surface area contributed by atoms with Crippen molar-refractivity contribution >= 4 is 24.2 Å². The van der Waals surface area contributed by atoms with Crippen LogP contribution in [0.4, 0.5) is 0 Å². The van der Waals surface area contributed by atoms with E-state index in [1.807, 2.05) is 11.8 Å². The first-order valence-corrected chi connectivity index (χ1v) is 10.1. The lowest BCUT2D eigenvalue weighted by Crippen LogP contribution is -2.48. The second-order valence-electron chi connectivity index (χ2n) is 6.93. The molecular weight excluding hydrogens is 380 g/mol. The molecule has 0 aromatic heterocycles. The highest BCUT2D eigenvalue weighted by Gasteiger charge is 2.29. The Kier molecular flexibility index (Phi) is 7.06. The van der Waals surface area contributed by atoms with Crippen molar-refractivity contribution in [3.05, 3.63) is 53.6 Å². The topological polar surface area (TPSA) is 35.9 Å². The lowest BCUT2D eigenvalue weighted by molar-refractivity contribution is 0.0823. The minimum absolute atomic E-state index is 0. The number of benzene rings is 2. The fraction of sp³-hybridized carbons (Fsp3) is 0.429. The lowest BCUT2D eigenvalue weighted by atomic mass is 9.96. The van der Waals surface area contributed by atoms with Crippen LogP contribution >= 0.6 is 24.2 Å². The van der Waals surface area contributed by atoms with Gasteiger partial charge in [0.05, 0.1) is 13.7 Å². The zero-order chi connectivity index (χ0) is 17.9. The summed E-state index contributed by atoms with van der Waals surface area (Å²) in [5, 5.41) is 9.18. The number of nitrogens with zero attached hydrogens (tertiary/aromatic N) is 2. The Morgan fingerprint density at radius 1 is 1.07 bits per heavy atom. The number of aliphatic hydroxyl groups is 1. The third-order valence-electron chi connectivity index (χ3n) is 5.45. The highest BCUT2D eigenvalue weighted by Crippen LogP contribution is 2.43. The molecular formula is C21H27ClN2O2S. The van der Waals surface area contributed by atoms with E-state index in [1.54, 1.807) is 7.11 Å². The van der Waals surface area contributed by atoms with Gasteiger partial charge in [-0.25, -0.2) is 0 Å². The summed E-state index contributed by atoms with van der Waals surface area (Å²) >= 11 is 1.86. The molecule has 4 nitrogen and oxygen atoms in total. The van der Waals surface area contributed by atoms with Crippen LogP contribution in [0.5, 0.6) is 5.75 Å². The maximum absolute atomic E-state index is 9.18.